The number of nitrogens with one attached hydrogen (secondary N) is 1. The molecule has 1 saturated heterocycles. The number of rotatable bonds is 8. The van der Waals surface area contributed by atoms with Crippen LogP contribution in [0.1, 0.15) is 46.0 Å². The minimum absolute atomic E-state index is 0.121. The highest BCUT2D eigenvalue weighted by atomic mass is 16.3. The predicted octanol–water partition coefficient (Wildman–Crippen LogP) is 1.61. The first kappa shape index (κ1) is 13.9. The van der Waals surface area contributed by atoms with E-state index in [2.05, 4.69) is 24.1 Å². The van der Waals surface area contributed by atoms with E-state index in [1.54, 1.807) is 0 Å². The molecule has 0 aromatic carbocycles. The second-order valence-corrected chi connectivity index (χ2v) is 5.00. The number of aliphatic hydroxyl groups excluding tert-OH is 1. The third-order valence-electron chi connectivity index (χ3n) is 3.33. The van der Waals surface area contributed by atoms with E-state index in [0.717, 1.165) is 19.5 Å². The maximum Gasteiger partial charge on any atom is 0.0680 e. The Balaban J connectivity index is 2.24. The normalized spacial score (nSPS) is 25.5. The molecule has 2 N–H and O–H groups in total. The van der Waals surface area contributed by atoms with E-state index in [1.165, 1.54) is 38.8 Å². The molecule has 0 spiro atoms. The zero-order valence-corrected chi connectivity index (χ0v) is 10.9. The van der Waals surface area contributed by atoms with Gasteiger partial charge in [-0.2, -0.15) is 0 Å². The molecule has 0 radical (unpaired) electrons. The molecule has 96 valence electrons. The van der Waals surface area contributed by atoms with Gasteiger partial charge in [-0.1, -0.05) is 26.7 Å². The second kappa shape index (κ2) is 8.04. The lowest BCUT2D eigenvalue weighted by Gasteiger charge is -2.25. The average Bonchev–Trinajstić information content (AvgIpc) is 2.68. The van der Waals surface area contributed by atoms with Crippen LogP contribution in [0.15, 0.2) is 0 Å². The monoisotopic (exact) mass is 228 g/mol. The predicted molar refractivity (Wildman–Crippen MR) is 68.7 cm³/mol. The van der Waals surface area contributed by atoms with Crippen LogP contribution in [0.2, 0.25) is 0 Å². The van der Waals surface area contributed by atoms with Crippen molar-refractivity contribution in [3.05, 3.63) is 0 Å². The highest BCUT2D eigenvalue weighted by Gasteiger charge is 2.23. The molecule has 0 saturated carbocycles. The highest BCUT2D eigenvalue weighted by molar-refractivity contribution is 4.83. The maximum absolute atomic E-state index is 9.48. The van der Waals surface area contributed by atoms with Gasteiger partial charge in [0.05, 0.1) is 6.10 Å². The summed E-state index contributed by atoms with van der Waals surface area (Å²) in [5.74, 6) is 0. The molecule has 16 heavy (non-hydrogen) atoms. The largest absolute Gasteiger partial charge is 0.392 e. The first-order valence-corrected chi connectivity index (χ1v) is 6.90. The standard InChI is InChI=1S/C13H28N2O/c1-3-5-7-15(8-6-4-2)11-12-9-13(16)10-14-12/h12-14,16H,3-11H2,1-2H3. The molecule has 0 amide bonds. The summed E-state index contributed by atoms with van der Waals surface area (Å²) in [6.45, 7) is 8.80. The van der Waals surface area contributed by atoms with Gasteiger partial charge >= 0.3 is 0 Å². The first-order valence-electron chi connectivity index (χ1n) is 6.90. The Morgan fingerprint density at radius 1 is 1.19 bits per heavy atom. The van der Waals surface area contributed by atoms with Crippen molar-refractivity contribution in [3.8, 4) is 0 Å². The summed E-state index contributed by atoms with van der Waals surface area (Å²) in [6, 6.07) is 0.503. The van der Waals surface area contributed by atoms with Crippen molar-refractivity contribution in [2.24, 2.45) is 0 Å². The van der Waals surface area contributed by atoms with Crippen LogP contribution in [0.4, 0.5) is 0 Å². The molecule has 2 unspecified atom stereocenters. The van der Waals surface area contributed by atoms with Crippen molar-refractivity contribution in [3.63, 3.8) is 0 Å². The van der Waals surface area contributed by atoms with E-state index in [9.17, 15) is 5.11 Å². The van der Waals surface area contributed by atoms with Gasteiger partial charge in [0.15, 0.2) is 0 Å². The van der Waals surface area contributed by atoms with Gasteiger partial charge in [-0.25, -0.2) is 0 Å². The molecule has 2 atom stereocenters. The van der Waals surface area contributed by atoms with E-state index < -0.39 is 0 Å². The Kier molecular flexibility index (Phi) is 7.01. The van der Waals surface area contributed by atoms with Crippen molar-refractivity contribution >= 4 is 0 Å². The Bertz CT molecular complexity index is 167. The number of nitrogens with zero attached hydrogens (tertiary/aromatic N) is 1. The van der Waals surface area contributed by atoms with Gasteiger partial charge < -0.3 is 15.3 Å². The van der Waals surface area contributed by atoms with E-state index in [4.69, 9.17) is 0 Å². The van der Waals surface area contributed by atoms with Crippen LogP contribution in [0, 0.1) is 0 Å². The molecule has 1 rings (SSSR count). The molecule has 1 aliphatic rings. The molecular weight excluding hydrogens is 200 g/mol. The van der Waals surface area contributed by atoms with Crippen LogP contribution in [-0.2, 0) is 0 Å². The smallest absolute Gasteiger partial charge is 0.0680 e. The summed E-state index contributed by atoms with van der Waals surface area (Å²) < 4.78 is 0. The summed E-state index contributed by atoms with van der Waals surface area (Å²) in [6.07, 6.45) is 5.92. The minimum Gasteiger partial charge on any atom is -0.392 e. The van der Waals surface area contributed by atoms with Crippen LogP contribution in [-0.4, -0.2) is 48.3 Å². The van der Waals surface area contributed by atoms with Gasteiger partial charge in [-0.3, -0.25) is 0 Å². The SMILES string of the molecule is CCCCN(CCCC)CC1CC(O)CN1. The molecule has 3 heteroatoms. The van der Waals surface area contributed by atoms with Crippen molar-refractivity contribution in [2.75, 3.05) is 26.2 Å². The lowest BCUT2D eigenvalue weighted by molar-refractivity contribution is 0.186. The topological polar surface area (TPSA) is 35.5 Å². The number of unbranched alkanes of at least 4 members (excludes halogenated alkanes) is 2. The maximum atomic E-state index is 9.48. The van der Waals surface area contributed by atoms with E-state index in [1.807, 2.05) is 0 Å². The van der Waals surface area contributed by atoms with Crippen molar-refractivity contribution in [1.82, 2.24) is 10.2 Å². The van der Waals surface area contributed by atoms with Crippen molar-refractivity contribution in [1.29, 1.82) is 0 Å². The summed E-state index contributed by atoms with van der Waals surface area (Å²) in [5, 5.41) is 12.9. The lowest BCUT2D eigenvalue weighted by Crippen LogP contribution is -2.38. The molecule has 0 aromatic rings. The molecule has 1 aliphatic heterocycles. The van der Waals surface area contributed by atoms with Gasteiger partial charge in [0.2, 0.25) is 0 Å². The molecule has 1 fully saturated rings. The van der Waals surface area contributed by atoms with Crippen molar-refractivity contribution in [2.45, 2.75) is 58.1 Å². The van der Waals surface area contributed by atoms with E-state index in [0.29, 0.717) is 6.04 Å². The average molecular weight is 228 g/mol. The third-order valence-corrected chi connectivity index (χ3v) is 3.33. The third kappa shape index (κ3) is 5.28. The van der Waals surface area contributed by atoms with E-state index in [-0.39, 0.29) is 6.10 Å². The number of hydrogen-bond acceptors (Lipinski definition) is 3. The van der Waals surface area contributed by atoms with Crippen LogP contribution in [0.3, 0.4) is 0 Å². The molecule has 3 nitrogen and oxygen atoms in total. The van der Waals surface area contributed by atoms with Crippen molar-refractivity contribution < 1.29 is 5.11 Å². The quantitative estimate of drug-likeness (QED) is 0.662. The zero-order valence-electron chi connectivity index (χ0n) is 10.9. The van der Waals surface area contributed by atoms with Crippen LogP contribution in [0.5, 0.6) is 0 Å². The van der Waals surface area contributed by atoms with E-state index >= 15 is 0 Å². The molecule has 1 heterocycles. The Morgan fingerprint density at radius 2 is 1.81 bits per heavy atom. The van der Waals surface area contributed by atoms with Crippen LogP contribution < -0.4 is 5.32 Å². The second-order valence-electron chi connectivity index (χ2n) is 5.00. The Labute approximate surface area is 100 Å². The highest BCUT2D eigenvalue weighted by Crippen LogP contribution is 2.09. The Morgan fingerprint density at radius 3 is 2.25 bits per heavy atom. The molecule has 0 aromatic heterocycles. The zero-order chi connectivity index (χ0) is 11.8. The lowest BCUT2D eigenvalue weighted by atomic mass is 10.1. The molecule has 0 aliphatic carbocycles. The fourth-order valence-corrected chi connectivity index (χ4v) is 2.31. The van der Waals surface area contributed by atoms with Gasteiger partial charge in [-0.05, 0) is 32.4 Å². The van der Waals surface area contributed by atoms with Gasteiger partial charge in [0.1, 0.15) is 0 Å². The van der Waals surface area contributed by atoms with Crippen LogP contribution >= 0.6 is 0 Å². The minimum atomic E-state index is -0.121. The molecule has 0 bridgehead atoms. The fourth-order valence-electron chi connectivity index (χ4n) is 2.31. The van der Waals surface area contributed by atoms with Crippen LogP contribution in [0.25, 0.3) is 0 Å². The Hall–Kier alpha value is -0.120. The first-order chi connectivity index (χ1) is 7.76. The summed E-state index contributed by atoms with van der Waals surface area (Å²) in [5.41, 5.74) is 0. The van der Waals surface area contributed by atoms with Gasteiger partial charge in [-0.15, -0.1) is 0 Å². The fraction of sp³-hybridized carbons (Fsp3) is 1.00. The summed E-state index contributed by atoms with van der Waals surface area (Å²) in [4.78, 5) is 2.56. The summed E-state index contributed by atoms with van der Waals surface area (Å²) in [7, 11) is 0. The van der Waals surface area contributed by atoms with Gasteiger partial charge in [0.25, 0.3) is 0 Å². The molecular formula is C13H28N2O. The number of aliphatic hydroxyl groups is 1. The number of β-amino-alcohol motifs (C(OH)–C–C–N with tert-alkyl or cyclic N) is 1. The number of hydrogen-bond donors (Lipinski definition) is 2. The summed E-state index contributed by atoms with van der Waals surface area (Å²) >= 11 is 0. The van der Waals surface area contributed by atoms with Gasteiger partial charge in [0, 0.05) is 19.1 Å².